The maximum absolute atomic E-state index is 12.6. The van der Waals surface area contributed by atoms with Gasteiger partial charge in [-0.3, -0.25) is 0 Å². The number of carbonyl (C=O) groups is 2. The Labute approximate surface area is 200 Å². The number of nitrogens with zero attached hydrogens (tertiary/aromatic N) is 1. The molecule has 3 aromatic rings. The molecule has 0 saturated heterocycles. The molecule has 0 atom stereocenters. The number of anilines is 1. The van der Waals surface area contributed by atoms with Gasteiger partial charge in [0.05, 0.1) is 0 Å². The molecule has 0 unspecified atom stereocenters. The van der Waals surface area contributed by atoms with Crippen LogP contribution in [0.15, 0.2) is 83.8 Å². The molecule has 33 heavy (non-hydrogen) atoms. The molecule has 1 radical (unpaired) electrons. The second-order valence-corrected chi connectivity index (χ2v) is 12.5. The van der Waals surface area contributed by atoms with E-state index in [4.69, 9.17) is 0 Å². The molecular weight excluding hydrogens is 499 g/mol. The van der Waals surface area contributed by atoms with Crippen LogP contribution >= 0.6 is 0 Å². The number of carbonyl (C=O) groups excluding carboxylic acids is 2. The van der Waals surface area contributed by atoms with Crippen LogP contribution < -0.4 is 9.67 Å². The van der Waals surface area contributed by atoms with Crippen molar-refractivity contribution in [2.75, 3.05) is 17.6 Å². The summed E-state index contributed by atoms with van der Waals surface area (Å²) < 4.78 is 25.5. The van der Waals surface area contributed by atoms with Gasteiger partial charge in [-0.05, 0) is 0 Å². The van der Waals surface area contributed by atoms with Crippen molar-refractivity contribution >= 4 is 46.2 Å². The van der Waals surface area contributed by atoms with Gasteiger partial charge < -0.3 is 0 Å². The number of amides is 2. The first-order valence-corrected chi connectivity index (χ1v) is 14.2. The second-order valence-electron chi connectivity index (χ2n) is 7.80. The molecule has 8 heteroatoms. The maximum atomic E-state index is 12.6. The number of urea groups is 1. The molecule has 0 spiro atoms. The summed E-state index contributed by atoms with van der Waals surface area (Å²) in [4.78, 5) is 27.0. The summed E-state index contributed by atoms with van der Waals surface area (Å²) in [6.07, 6.45) is 0.848. The monoisotopic (exact) mass is 523 g/mol. The molecule has 1 aliphatic rings. The molecule has 0 aromatic heterocycles. The van der Waals surface area contributed by atoms with Crippen molar-refractivity contribution in [1.29, 1.82) is 0 Å². The quantitative estimate of drug-likeness (QED) is 0.483. The molecule has 0 saturated carbocycles. The molecule has 6 nitrogen and oxygen atoms in total. The predicted octanol–water partition coefficient (Wildman–Crippen LogP) is 3.00. The van der Waals surface area contributed by atoms with Crippen LogP contribution in [0.2, 0.25) is 0 Å². The van der Waals surface area contributed by atoms with E-state index >= 15 is 0 Å². The van der Waals surface area contributed by atoms with E-state index in [9.17, 15) is 18.0 Å². The summed E-state index contributed by atoms with van der Waals surface area (Å²) in [5.41, 5.74) is 3.13. The Morgan fingerprint density at radius 3 is 2.27 bits per heavy atom. The molecule has 4 rings (SSSR count). The fraction of sp³-hybridized carbons (Fsp3) is 0.200. The van der Waals surface area contributed by atoms with Gasteiger partial charge in [0.15, 0.2) is 0 Å². The molecule has 0 bridgehead atoms. The third-order valence-corrected chi connectivity index (χ3v) is 9.37. The molecule has 1 aliphatic heterocycles. The van der Waals surface area contributed by atoms with Crippen LogP contribution in [0, 0.1) is 0 Å². The van der Waals surface area contributed by atoms with E-state index in [1.807, 2.05) is 24.3 Å². The van der Waals surface area contributed by atoms with Gasteiger partial charge in [0.1, 0.15) is 0 Å². The number of nitrogens with one attached hydrogen (secondary N) is 1. The molecular formula is C25H24AsN2O4S. The summed E-state index contributed by atoms with van der Waals surface area (Å²) >= 11 is -0.798. The van der Waals surface area contributed by atoms with Crippen LogP contribution in [0.4, 0.5) is 10.5 Å². The van der Waals surface area contributed by atoms with Crippen molar-refractivity contribution in [2.24, 2.45) is 0 Å². The van der Waals surface area contributed by atoms with Gasteiger partial charge in [0, 0.05) is 0 Å². The Kier molecular flexibility index (Phi) is 7.31. The SMILES string of the molecule is O=C(CCS(=O)(=O)c1ccccc1)[As]c1ccc(NC(=O)N2CCc3ccccc3C2)cc1. The summed E-state index contributed by atoms with van der Waals surface area (Å²) in [5, 5.41) is 2.92. The van der Waals surface area contributed by atoms with E-state index in [2.05, 4.69) is 17.4 Å². The van der Waals surface area contributed by atoms with Crippen molar-refractivity contribution in [3.8, 4) is 0 Å². The molecule has 0 fully saturated rings. The third-order valence-electron chi connectivity index (χ3n) is 5.48. The number of hydrogen-bond acceptors (Lipinski definition) is 4. The molecule has 2 amide bonds. The Balaban J connectivity index is 1.28. The van der Waals surface area contributed by atoms with E-state index in [0.717, 1.165) is 10.8 Å². The zero-order chi connectivity index (χ0) is 23.3. The van der Waals surface area contributed by atoms with E-state index in [-0.39, 0.29) is 27.7 Å². The topological polar surface area (TPSA) is 83.5 Å². The van der Waals surface area contributed by atoms with Gasteiger partial charge in [0.25, 0.3) is 0 Å². The van der Waals surface area contributed by atoms with Gasteiger partial charge in [-0.15, -0.1) is 0 Å². The van der Waals surface area contributed by atoms with Crippen molar-refractivity contribution in [3.63, 3.8) is 0 Å². The number of sulfone groups is 1. The Morgan fingerprint density at radius 2 is 1.55 bits per heavy atom. The van der Waals surface area contributed by atoms with Crippen LogP contribution in [0.5, 0.6) is 0 Å². The van der Waals surface area contributed by atoms with Crippen molar-refractivity contribution < 1.29 is 18.0 Å². The van der Waals surface area contributed by atoms with E-state index in [1.165, 1.54) is 11.1 Å². The van der Waals surface area contributed by atoms with Crippen LogP contribution in [0.3, 0.4) is 0 Å². The molecule has 1 N–H and O–H groups in total. The number of fused-ring (bicyclic) bond motifs is 1. The van der Waals surface area contributed by atoms with Gasteiger partial charge in [-0.25, -0.2) is 0 Å². The second kappa shape index (κ2) is 10.4. The van der Waals surface area contributed by atoms with Gasteiger partial charge >= 0.3 is 201 Å². The fourth-order valence-electron chi connectivity index (χ4n) is 3.66. The Hall–Kier alpha value is -2.89. The van der Waals surface area contributed by atoms with Gasteiger partial charge in [-0.2, -0.15) is 0 Å². The predicted molar refractivity (Wildman–Crippen MR) is 130 cm³/mol. The average Bonchev–Trinajstić information content (AvgIpc) is 2.84. The zero-order valence-electron chi connectivity index (χ0n) is 18.0. The van der Waals surface area contributed by atoms with E-state index in [1.54, 1.807) is 47.4 Å². The van der Waals surface area contributed by atoms with Crippen LogP contribution in [-0.2, 0) is 27.6 Å². The summed E-state index contributed by atoms with van der Waals surface area (Å²) in [5.74, 6) is -0.182. The Morgan fingerprint density at radius 1 is 0.879 bits per heavy atom. The number of rotatable bonds is 7. The van der Waals surface area contributed by atoms with Crippen molar-refractivity contribution in [2.45, 2.75) is 24.3 Å². The van der Waals surface area contributed by atoms with Gasteiger partial charge in [0.2, 0.25) is 0 Å². The summed E-state index contributed by atoms with van der Waals surface area (Å²) in [6, 6.07) is 23.4. The number of hydrogen-bond donors (Lipinski definition) is 1. The average molecular weight is 523 g/mol. The minimum atomic E-state index is -3.46. The molecule has 0 aliphatic carbocycles. The van der Waals surface area contributed by atoms with E-state index < -0.39 is 25.6 Å². The van der Waals surface area contributed by atoms with Crippen LogP contribution in [-0.4, -0.2) is 52.0 Å². The van der Waals surface area contributed by atoms with Gasteiger partial charge in [-0.1, -0.05) is 0 Å². The van der Waals surface area contributed by atoms with Crippen LogP contribution in [0.25, 0.3) is 0 Å². The van der Waals surface area contributed by atoms with Crippen molar-refractivity contribution in [1.82, 2.24) is 4.90 Å². The van der Waals surface area contributed by atoms with Crippen LogP contribution in [0.1, 0.15) is 17.5 Å². The third kappa shape index (κ3) is 6.12. The first-order chi connectivity index (χ1) is 15.9. The first-order valence-electron chi connectivity index (χ1n) is 10.7. The summed E-state index contributed by atoms with van der Waals surface area (Å²) in [6.45, 7) is 1.26. The minimum absolute atomic E-state index is 0.00610. The molecule has 169 valence electrons. The first kappa shape index (κ1) is 23.3. The summed E-state index contributed by atoms with van der Waals surface area (Å²) in [7, 11) is -3.46. The number of benzene rings is 3. The molecule has 3 aromatic carbocycles. The normalized spacial score (nSPS) is 13.6. The zero-order valence-corrected chi connectivity index (χ0v) is 20.7. The Bertz CT molecular complexity index is 1240. The fourth-order valence-corrected chi connectivity index (χ4v) is 6.95. The standard InChI is InChI=1S/C25H24AsN2O4S/c29-24(15-17-33(31,32)23-8-2-1-3-9-23)26-21-10-12-22(13-11-21)27-25(30)28-16-14-19-6-4-5-7-20(19)18-28/h1-13H,14-18H2,(H,27,30). The molecule has 1 heterocycles. The van der Waals surface area contributed by atoms with E-state index in [0.29, 0.717) is 18.8 Å². The van der Waals surface area contributed by atoms with Crippen molar-refractivity contribution in [3.05, 3.63) is 90.0 Å².